The Kier molecular flexibility index (Phi) is 7.57. The van der Waals surface area contributed by atoms with Crippen LogP contribution < -0.4 is 0 Å². The molecule has 1 saturated carbocycles. The summed E-state index contributed by atoms with van der Waals surface area (Å²) < 4.78 is 22.1. The van der Waals surface area contributed by atoms with Crippen LogP contribution in [0, 0.1) is 22.7 Å². The van der Waals surface area contributed by atoms with Gasteiger partial charge in [-0.05, 0) is 50.5 Å². The van der Waals surface area contributed by atoms with Crippen LogP contribution in [0.1, 0.15) is 52.9 Å². The van der Waals surface area contributed by atoms with Gasteiger partial charge in [0.25, 0.3) is 0 Å². The van der Waals surface area contributed by atoms with Gasteiger partial charge in [0, 0.05) is 49.9 Å². The van der Waals surface area contributed by atoms with Gasteiger partial charge >= 0.3 is 17.9 Å². The fourth-order valence-electron chi connectivity index (χ4n) is 7.89. The molecule has 5 aliphatic rings. The number of allylic oxidation sites excluding steroid dienone is 1. The zero-order valence-electron chi connectivity index (χ0n) is 24.2. The number of fused-ring (bicyclic) bond motifs is 4. The summed E-state index contributed by atoms with van der Waals surface area (Å²) in [4.78, 5) is 53.8. The Morgan fingerprint density at radius 1 is 1.12 bits per heavy atom. The summed E-state index contributed by atoms with van der Waals surface area (Å²) in [5, 5.41) is 22.6. The number of esters is 3. The Labute approximate surface area is 239 Å². The quantitative estimate of drug-likeness (QED) is 0.283. The van der Waals surface area contributed by atoms with Crippen LogP contribution >= 0.6 is 0 Å². The molecule has 11 nitrogen and oxygen atoms in total. The number of cyclic esters (lactones) is 1. The number of methoxy groups -OCH3 is 2. The maximum absolute atomic E-state index is 14.1. The third-order valence-electron chi connectivity index (χ3n) is 10.0. The summed E-state index contributed by atoms with van der Waals surface area (Å²) in [5.41, 5.74) is -1.03. The normalized spacial score (nSPS) is 36.5. The Balaban J connectivity index is 1.65. The Bertz CT molecular complexity index is 1260. The average Bonchev–Trinajstić information content (AvgIpc) is 3.22. The van der Waals surface area contributed by atoms with E-state index < -0.39 is 52.6 Å². The molecule has 2 saturated heterocycles. The van der Waals surface area contributed by atoms with Crippen LogP contribution in [-0.4, -0.2) is 91.0 Å². The van der Waals surface area contributed by atoms with Crippen molar-refractivity contribution in [2.45, 2.75) is 71.2 Å². The van der Waals surface area contributed by atoms with Crippen molar-refractivity contribution in [1.82, 2.24) is 4.90 Å². The van der Waals surface area contributed by atoms with E-state index in [9.17, 15) is 29.4 Å². The molecule has 3 aliphatic carbocycles. The number of nitrogens with zero attached hydrogens (tertiary/aromatic N) is 1. The van der Waals surface area contributed by atoms with Crippen molar-refractivity contribution in [2.24, 2.45) is 22.7 Å². The van der Waals surface area contributed by atoms with E-state index in [2.05, 4.69) is 0 Å². The maximum Gasteiger partial charge on any atom is 0.340 e. The molecule has 0 aromatic carbocycles. The number of ether oxygens (including phenoxy) is 4. The lowest BCUT2D eigenvalue weighted by molar-refractivity contribution is -0.161. The van der Waals surface area contributed by atoms with Gasteiger partial charge in [0.2, 0.25) is 5.78 Å². The number of hydrogen-bond donors (Lipinski definition) is 2. The van der Waals surface area contributed by atoms with Gasteiger partial charge < -0.3 is 34.1 Å². The molecule has 6 atom stereocenters. The molecule has 5 rings (SSSR count). The van der Waals surface area contributed by atoms with Crippen LogP contribution in [0.2, 0.25) is 0 Å². The van der Waals surface area contributed by atoms with Crippen LogP contribution in [0.25, 0.3) is 0 Å². The van der Waals surface area contributed by atoms with E-state index in [1.54, 1.807) is 13.1 Å². The SMILES string of the molecule is COC[C@H]1OC(=O)/C(=C/N2CCC(C(=O)OC)CC2)C2=C(O)C(=O)C3=C([C@H](OC(C)=O)C[C@]4(C)[C@@H](O)CC[C@@H]34)[C@]21C. The first-order chi connectivity index (χ1) is 19.4. The van der Waals surface area contributed by atoms with E-state index >= 15 is 0 Å². The highest BCUT2D eigenvalue weighted by Gasteiger charge is 2.64. The summed E-state index contributed by atoms with van der Waals surface area (Å²) in [5.74, 6) is -3.34. The van der Waals surface area contributed by atoms with Crippen molar-refractivity contribution in [1.29, 1.82) is 0 Å². The van der Waals surface area contributed by atoms with Gasteiger partial charge in [-0.15, -0.1) is 0 Å². The van der Waals surface area contributed by atoms with Crippen LogP contribution in [-0.2, 0) is 38.1 Å². The van der Waals surface area contributed by atoms with Gasteiger partial charge in [0.15, 0.2) is 5.76 Å². The van der Waals surface area contributed by atoms with E-state index in [1.807, 2.05) is 11.8 Å². The van der Waals surface area contributed by atoms with Gasteiger partial charge in [-0.2, -0.15) is 0 Å². The van der Waals surface area contributed by atoms with Gasteiger partial charge in [0.1, 0.15) is 12.2 Å². The molecule has 224 valence electrons. The van der Waals surface area contributed by atoms with E-state index in [0.717, 1.165) is 0 Å². The van der Waals surface area contributed by atoms with Crippen molar-refractivity contribution in [2.75, 3.05) is 33.9 Å². The van der Waals surface area contributed by atoms with Gasteiger partial charge in [-0.25, -0.2) is 4.79 Å². The Morgan fingerprint density at radius 3 is 2.41 bits per heavy atom. The summed E-state index contributed by atoms with van der Waals surface area (Å²) in [7, 11) is 2.82. The maximum atomic E-state index is 14.1. The lowest BCUT2D eigenvalue weighted by Crippen LogP contribution is -2.57. The third kappa shape index (κ3) is 4.48. The standard InChI is InChI=1S/C30H39NO10/c1-15(32)40-19-12-29(2)18(6-7-20(29)33)22-24(19)30(3)21(14-38-4)41-28(37)17(23(30)26(35)25(22)34)13-31-10-8-16(9-11-31)27(36)39-5/h13,16,18-21,33,35H,6-12,14H2,1-5H3/b17-13+/t18-,19+,20-,21+,29-,30-/m0/s1. The molecule has 0 radical (unpaired) electrons. The molecule has 3 fully saturated rings. The molecule has 0 aromatic rings. The number of likely N-dealkylation sites (tertiary alicyclic amines) is 1. The Morgan fingerprint density at radius 2 is 1.80 bits per heavy atom. The molecule has 0 bridgehead atoms. The minimum absolute atomic E-state index is 0.0286. The molecule has 0 spiro atoms. The number of aliphatic hydroxyl groups is 2. The van der Waals surface area contributed by atoms with Crippen molar-refractivity contribution < 1.29 is 48.3 Å². The molecule has 2 heterocycles. The fourth-order valence-corrected chi connectivity index (χ4v) is 7.89. The third-order valence-corrected chi connectivity index (χ3v) is 10.0. The molecule has 0 amide bonds. The summed E-state index contributed by atoms with van der Waals surface area (Å²) in [6.07, 6.45) is 1.38. The predicted octanol–water partition coefficient (Wildman–Crippen LogP) is 2.14. The summed E-state index contributed by atoms with van der Waals surface area (Å²) in [6.45, 7) is 5.85. The minimum atomic E-state index is -1.26. The molecule has 2 aliphatic heterocycles. The van der Waals surface area contributed by atoms with E-state index in [0.29, 0.717) is 49.9 Å². The average molecular weight is 574 g/mol. The molecule has 11 heteroatoms. The monoisotopic (exact) mass is 573 g/mol. The molecular formula is C30H39NO10. The lowest BCUT2D eigenvalue weighted by atomic mass is 9.53. The van der Waals surface area contributed by atoms with E-state index in [1.165, 1.54) is 21.1 Å². The molecule has 41 heavy (non-hydrogen) atoms. The molecule has 2 N–H and O–H groups in total. The molecular weight excluding hydrogens is 534 g/mol. The van der Waals surface area contributed by atoms with Crippen LogP contribution in [0.15, 0.2) is 34.3 Å². The largest absolute Gasteiger partial charge is 0.504 e. The summed E-state index contributed by atoms with van der Waals surface area (Å²) in [6, 6.07) is 0. The lowest BCUT2D eigenvalue weighted by Gasteiger charge is -2.54. The van der Waals surface area contributed by atoms with Gasteiger partial charge in [-0.1, -0.05) is 6.92 Å². The van der Waals surface area contributed by atoms with Crippen LogP contribution in [0.4, 0.5) is 0 Å². The number of aliphatic hydroxyl groups excluding tert-OH is 2. The van der Waals surface area contributed by atoms with Crippen molar-refractivity contribution in [3.8, 4) is 0 Å². The zero-order chi connectivity index (χ0) is 29.9. The highest BCUT2D eigenvalue weighted by atomic mass is 16.6. The highest BCUT2D eigenvalue weighted by Crippen LogP contribution is 2.63. The molecule has 0 aromatic heterocycles. The van der Waals surface area contributed by atoms with Crippen molar-refractivity contribution in [3.63, 3.8) is 0 Å². The second-order valence-corrected chi connectivity index (χ2v) is 12.3. The van der Waals surface area contributed by atoms with Crippen molar-refractivity contribution in [3.05, 3.63) is 34.3 Å². The number of piperidine rings is 1. The van der Waals surface area contributed by atoms with E-state index in [4.69, 9.17) is 18.9 Å². The number of carbonyl (C=O) groups excluding carboxylic acids is 4. The Hall–Kier alpha value is -3.18. The van der Waals surface area contributed by atoms with Crippen LogP contribution in [0.5, 0.6) is 0 Å². The first kappa shape index (κ1) is 29.3. The number of ketones is 1. The van der Waals surface area contributed by atoms with Gasteiger partial charge in [-0.3, -0.25) is 14.4 Å². The minimum Gasteiger partial charge on any atom is -0.504 e. The first-order valence-corrected chi connectivity index (χ1v) is 14.2. The van der Waals surface area contributed by atoms with E-state index in [-0.39, 0.29) is 42.0 Å². The number of hydrogen-bond acceptors (Lipinski definition) is 11. The van der Waals surface area contributed by atoms with Crippen molar-refractivity contribution >= 4 is 23.7 Å². The molecule has 0 unspecified atom stereocenters. The topological polar surface area (TPSA) is 149 Å². The number of rotatable bonds is 5. The number of Topliss-reactive ketones (excluding diaryl/α,β-unsaturated/α-hetero) is 1. The highest BCUT2D eigenvalue weighted by molar-refractivity contribution is 6.13. The zero-order valence-corrected chi connectivity index (χ0v) is 24.2. The fraction of sp³-hybridized carbons (Fsp3) is 0.667. The second kappa shape index (κ2) is 10.6. The summed E-state index contributed by atoms with van der Waals surface area (Å²) >= 11 is 0. The second-order valence-electron chi connectivity index (χ2n) is 12.3. The number of carbonyl (C=O) groups is 4. The predicted molar refractivity (Wildman–Crippen MR) is 143 cm³/mol. The van der Waals surface area contributed by atoms with Crippen LogP contribution in [0.3, 0.4) is 0 Å². The first-order valence-electron chi connectivity index (χ1n) is 14.2. The smallest absolute Gasteiger partial charge is 0.340 e. The van der Waals surface area contributed by atoms with Gasteiger partial charge in [0.05, 0.1) is 36.7 Å².